The molecule has 1 aliphatic rings. The average molecular weight is 348 g/mol. The first kappa shape index (κ1) is 16.5. The zero-order valence-electron chi connectivity index (χ0n) is 14.6. The number of carbonyl (C=O) groups is 1. The molecular formula is C21H20N2O3. The van der Waals surface area contributed by atoms with E-state index in [1.54, 1.807) is 22.8 Å². The van der Waals surface area contributed by atoms with E-state index in [0.29, 0.717) is 29.4 Å². The number of Topliss-reactive ketones (excluding diaryl/α,β-unsaturated/α-hetero) is 1. The lowest BCUT2D eigenvalue weighted by atomic mass is 10.1. The molecule has 4 rings (SSSR count). The van der Waals surface area contributed by atoms with Gasteiger partial charge in [0.1, 0.15) is 0 Å². The average Bonchev–Trinajstić information content (AvgIpc) is 3.50. The van der Waals surface area contributed by atoms with Crippen LogP contribution in [-0.2, 0) is 6.54 Å². The van der Waals surface area contributed by atoms with Gasteiger partial charge in [-0.25, -0.2) is 4.79 Å². The Morgan fingerprint density at radius 3 is 2.38 bits per heavy atom. The SMILES string of the molecule is CCC(=O)c1ccc(Cn2c(=O)n(C3CC3)c(=O)c3ccccc32)cc1. The molecule has 1 fully saturated rings. The molecule has 1 heterocycles. The van der Waals surface area contributed by atoms with E-state index in [4.69, 9.17) is 0 Å². The minimum Gasteiger partial charge on any atom is -0.294 e. The van der Waals surface area contributed by atoms with Crippen molar-refractivity contribution >= 4 is 16.7 Å². The molecule has 0 atom stereocenters. The smallest absolute Gasteiger partial charge is 0.294 e. The van der Waals surface area contributed by atoms with Gasteiger partial charge in [-0.05, 0) is 30.5 Å². The summed E-state index contributed by atoms with van der Waals surface area (Å²) in [4.78, 5) is 37.5. The molecule has 132 valence electrons. The summed E-state index contributed by atoms with van der Waals surface area (Å²) in [6.45, 7) is 2.20. The molecule has 0 unspecified atom stereocenters. The van der Waals surface area contributed by atoms with Crippen molar-refractivity contribution in [3.05, 3.63) is 80.5 Å². The van der Waals surface area contributed by atoms with Gasteiger partial charge in [-0.15, -0.1) is 0 Å². The van der Waals surface area contributed by atoms with Crippen molar-refractivity contribution < 1.29 is 4.79 Å². The maximum Gasteiger partial charge on any atom is 0.332 e. The lowest BCUT2D eigenvalue weighted by Crippen LogP contribution is -2.39. The molecule has 5 heteroatoms. The molecule has 0 amide bonds. The van der Waals surface area contributed by atoms with Gasteiger partial charge in [0.05, 0.1) is 17.4 Å². The largest absolute Gasteiger partial charge is 0.332 e. The van der Waals surface area contributed by atoms with E-state index in [2.05, 4.69) is 0 Å². The van der Waals surface area contributed by atoms with Crippen LogP contribution in [-0.4, -0.2) is 14.9 Å². The summed E-state index contributed by atoms with van der Waals surface area (Å²) in [5.41, 5.74) is 1.79. The summed E-state index contributed by atoms with van der Waals surface area (Å²) in [7, 11) is 0. The molecule has 0 N–H and O–H groups in total. The number of hydrogen-bond acceptors (Lipinski definition) is 3. The van der Waals surface area contributed by atoms with Crippen LogP contribution in [0, 0.1) is 0 Å². The second-order valence-electron chi connectivity index (χ2n) is 6.77. The first-order valence-electron chi connectivity index (χ1n) is 8.96. The van der Waals surface area contributed by atoms with Crippen molar-refractivity contribution in [3.63, 3.8) is 0 Å². The van der Waals surface area contributed by atoms with Crippen LogP contribution in [0.1, 0.15) is 48.1 Å². The highest BCUT2D eigenvalue weighted by Gasteiger charge is 2.28. The third-order valence-electron chi connectivity index (χ3n) is 4.93. The van der Waals surface area contributed by atoms with Gasteiger partial charge in [0.15, 0.2) is 5.78 Å². The molecule has 5 nitrogen and oxygen atoms in total. The monoisotopic (exact) mass is 348 g/mol. The van der Waals surface area contributed by atoms with E-state index in [-0.39, 0.29) is 23.1 Å². The summed E-state index contributed by atoms with van der Waals surface area (Å²) in [5, 5.41) is 0.566. The Labute approximate surface area is 150 Å². The molecule has 2 aromatic carbocycles. The zero-order chi connectivity index (χ0) is 18.3. The molecule has 1 saturated carbocycles. The molecule has 0 bridgehead atoms. The van der Waals surface area contributed by atoms with Crippen molar-refractivity contribution in [2.75, 3.05) is 0 Å². The molecular weight excluding hydrogens is 328 g/mol. The number of ketones is 1. The topological polar surface area (TPSA) is 61.1 Å². The van der Waals surface area contributed by atoms with Crippen LogP contribution in [0.5, 0.6) is 0 Å². The summed E-state index contributed by atoms with van der Waals surface area (Å²) < 4.78 is 3.06. The fourth-order valence-electron chi connectivity index (χ4n) is 3.33. The van der Waals surface area contributed by atoms with Gasteiger partial charge in [-0.1, -0.05) is 43.3 Å². The minimum absolute atomic E-state index is 0.0235. The van der Waals surface area contributed by atoms with Gasteiger partial charge in [0, 0.05) is 18.0 Å². The fourth-order valence-corrected chi connectivity index (χ4v) is 3.33. The van der Waals surface area contributed by atoms with Gasteiger partial charge in [0.25, 0.3) is 5.56 Å². The van der Waals surface area contributed by atoms with Crippen molar-refractivity contribution in [2.45, 2.75) is 38.8 Å². The van der Waals surface area contributed by atoms with Crippen LogP contribution in [0.25, 0.3) is 10.9 Å². The Kier molecular flexibility index (Phi) is 4.07. The lowest BCUT2D eigenvalue weighted by molar-refractivity contribution is 0.0988. The van der Waals surface area contributed by atoms with Crippen LogP contribution < -0.4 is 11.2 Å². The second-order valence-corrected chi connectivity index (χ2v) is 6.77. The third kappa shape index (κ3) is 2.79. The van der Waals surface area contributed by atoms with Crippen molar-refractivity contribution in [1.29, 1.82) is 0 Å². The first-order valence-corrected chi connectivity index (χ1v) is 8.96. The summed E-state index contributed by atoms with van der Waals surface area (Å²) in [6, 6.07) is 14.6. The predicted octanol–water partition coefficient (Wildman–Crippen LogP) is 3.14. The minimum atomic E-state index is -0.259. The number of rotatable bonds is 5. The van der Waals surface area contributed by atoms with Crippen molar-refractivity contribution in [3.8, 4) is 0 Å². The number of carbonyl (C=O) groups excluding carboxylic acids is 1. The number of aromatic nitrogens is 2. The Hall–Kier alpha value is -2.95. The van der Waals surface area contributed by atoms with Crippen LogP contribution >= 0.6 is 0 Å². The highest BCUT2D eigenvalue weighted by molar-refractivity contribution is 5.95. The van der Waals surface area contributed by atoms with Crippen molar-refractivity contribution in [2.24, 2.45) is 0 Å². The van der Waals surface area contributed by atoms with E-state index < -0.39 is 0 Å². The van der Waals surface area contributed by atoms with Crippen LogP contribution in [0.2, 0.25) is 0 Å². The second kappa shape index (κ2) is 6.41. The van der Waals surface area contributed by atoms with E-state index >= 15 is 0 Å². The van der Waals surface area contributed by atoms with Crippen LogP contribution in [0.15, 0.2) is 58.1 Å². The van der Waals surface area contributed by atoms with Gasteiger partial charge >= 0.3 is 5.69 Å². The maximum absolute atomic E-state index is 13.0. The summed E-state index contributed by atoms with van der Waals surface area (Å²) in [6.07, 6.45) is 2.22. The number of para-hydroxylation sites is 1. The van der Waals surface area contributed by atoms with Gasteiger partial charge in [0.2, 0.25) is 0 Å². The molecule has 26 heavy (non-hydrogen) atoms. The van der Waals surface area contributed by atoms with E-state index in [1.165, 1.54) is 4.57 Å². The quantitative estimate of drug-likeness (QED) is 0.666. The van der Waals surface area contributed by atoms with Gasteiger partial charge in [-0.3, -0.25) is 18.7 Å². The number of nitrogens with zero attached hydrogens (tertiary/aromatic N) is 2. The number of benzene rings is 2. The third-order valence-corrected chi connectivity index (χ3v) is 4.93. The zero-order valence-corrected chi connectivity index (χ0v) is 14.6. The summed E-state index contributed by atoms with van der Waals surface area (Å²) in [5.74, 6) is 0.0986. The Morgan fingerprint density at radius 2 is 1.73 bits per heavy atom. The molecule has 1 aromatic heterocycles. The molecule has 0 saturated heterocycles. The number of hydrogen-bond donors (Lipinski definition) is 0. The van der Waals surface area contributed by atoms with Gasteiger partial charge in [-0.2, -0.15) is 0 Å². The number of fused-ring (bicyclic) bond motifs is 1. The normalized spacial score (nSPS) is 13.9. The first-order chi connectivity index (χ1) is 12.6. The van der Waals surface area contributed by atoms with Crippen molar-refractivity contribution in [1.82, 2.24) is 9.13 Å². The highest BCUT2D eigenvalue weighted by atomic mass is 16.2. The molecule has 1 aliphatic carbocycles. The maximum atomic E-state index is 13.0. The van der Waals surface area contributed by atoms with Crippen LogP contribution in [0.4, 0.5) is 0 Å². The Bertz CT molecular complexity index is 1100. The standard InChI is InChI=1S/C21H20N2O3/c1-2-19(24)15-9-7-14(8-10-15)13-22-18-6-4-3-5-17(18)20(25)23(21(22)26)16-11-12-16/h3-10,16H,2,11-13H2,1H3. The van der Waals surface area contributed by atoms with Crippen LogP contribution in [0.3, 0.4) is 0 Å². The van der Waals surface area contributed by atoms with Gasteiger partial charge < -0.3 is 0 Å². The molecule has 0 aliphatic heterocycles. The fraction of sp³-hybridized carbons (Fsp3) is 0.286. The van der Waals surface area contributed by atoms with E-state index in [0.717, 1.165) is 18.4 Å². The highest BCUT2D eigenvalue weighted by Crippen LogP contribution is 2.32. The summed E-state index contributed by atoms with van der Waals surface area (Å²) >= 11 is 0. The lowest BCUT2D eigenvalue weighted by Gasteiger charge is -2.14. The molecule has 0 spiro atoms. The van der Waals surface area contributed by atoms with E-state index in [9.17, 15) is 14.4 Å². The Morgan fingerprint density at radius 1 is 1.04 bits per heavy atom. The molecule has 0 radical (unpaired) electrons. The predicted molar refractivity (Wildman–Crippen MR) is 101 cm³/mol. The Balaban J connectivity index is 1.82. The van der Waals surface area contributed by atoms with E-state index in [1.807, 2.05) is 37.3 Å². The molecule has 3 aromatic rings.